The average Bonchev–Trinajstić information content (AvgIpc) is 2.57. The van der Waals surface area contributed by atoms with Crippen LogP contribution in [0, 0.1) is 11.3 Å². The van der Waals surface area contributed by atoms with Crippen LogP contribution in [-0.2, 0) is 11.3 Å². The summed E-state index contributed by atoms with van der Waals surface area (Å²) in [6, 6.07) is 10.9. The third-order valence-electron chi connectivity index (χ3n) is 5.68. The maximum absolute atomic E-state index is 5.48. The van der Waals surface area contributed by atoms with Gasteiger partial charge >= 0.3 is 0 Å². The quantitative estimate of drug-likeness (QED) is 0.829. The molecule has 0 unspecified atom stereocenters. The molecule has 0 amide bonds. The zero-order valence-corrected chi connectivity index (χ0v) is 14.8. The normalized spacial score (nSPS) is 22.3. The highest BCUT2D eigenvalue weighted by molar-refractivity contribution is 5.14. The molecule has 1 aromatic rings. The van der Waals surface area contributed by atoms with Gasteiger partial charge in [0.1, 0.15) is 0 Å². The van der Waals surface area contributed by atoms with Crippen molar-refractivity contribution in [2.24, 2.45) is 11.3 Å². The molecule has 0 spiro atoms. The standard InChI is InChI=1S/C20H32N2O/c1-20(2,17-22-12-14-23-15-13-22)19-8-10-21(11-9-19)16-18-6-4-3-5-7-18/h3-7,19H,8-17H2,1-2H3. The fourth-order valence-corrected chi connectivity index (χ4v) is 4.18. The first-order valence-corrected chi connectivity index (χ1v) is 9.20. The second kappa shape index (κ2) is 7.78. The van der Waals surface area contributed by atoms with Crippen LogP contribution in [-0.4, -0.2) is 55.7 Å². The van der Waals surface area contributed by atoms with E-state index < -0.39 is 0 Å². The Bertz CT molecular complexity index is 460. The summed E-state index contributed by atoms with van der Waals surface area (Å²) in [7, 11) is 0. The van der Waals surface area contributed by atoms with E-state index in [4.69, 9.17) is 4.74 Å². The SMILES string of the molecule is CC(C)(CN1CCOCC1)C1CCN(Cc2ccccc2)CC1. The number of morpholine rings is 1. The lowest BCUT2D eigenvalue weighted by Gasteiger charge is -2.43. The van der Waals surface area contributed by atoms with E-state index in [1.165, 1.54) is 38.0 Å². The molecule has 128 valence electrons. The molecule has 0 bridgehead atoms. The maximum atomic E-state index is 5.48. The molecule has 3 nitrogen and oxygen atoms in total. The zero-order chi connectivity index (χ0) is 16.1. The average molecular weight is 316 g/mol. The van der Waals surface area contributed by atoms with Crippen LogP contribution >= 0.6 is 0 Å². The minimum Gasteiger partial charge on any atom is -0.379 e. The van der Waals surface area contributed by atoms with Gasteiger partial charge in [0.05, 0.1) is 13.2 Å². The van der Waals surface area contributed by atoms with Gasteiger partial charge in [0, 0.05) is 26.2 Å². The van der Waals surface area contributed by atoms with Crippen molar-refractivity contribution in [3.05, 3.63) is 35.9 Å². The lowest BCUT2D eigenvalue weighted by Crippen LogP contribution is -2.47. The molecule has 2 saturated heterocycles. The van der Waals surface area contributed by atoms with Crippen LogP contribution in [0.25, 0.3) is 0 Å². The topological polar surface area (TPSA) is 15.7 Å². The van der Waals surface area contributed by atoms with Crippen LogP contribution in [0.1, 0.15) is 32.3 Å². The summed E-state index contributed by atoms with van der Waals surface area (Å²) in [5.74, 6) is 0.845. The fourth-order valence-electron chi connectivity index (χ4n) is 4.18. The Balaban J connectivity index is 1.47. The van der Waals surface area contributed by atoms with Crippen molar-refractivity contribution in [2.75, 3.05) is 45.9 Å². The zero-order valence-electron chi connectivity index (χ0n) is 14.8. The van der Waals surface area contributed by atoms with E-state index in [1.807, 2.05) is 0 Å². The molecule has 0 atom stereocenters. The van der Waals surface area contributed by atoms with Crippen molar-refractivity contribution in [3.63, 3.8) is 0 Å². The second-order valence-electron chi connectivity index (χ2n) is 7.91. The van der Waals surface area contributed by atoms with Crippen LogP contribution < -0.4 is 0 Å². The number of likely N-dealkylation sites (tertiary alicyclic amines) is 1. The molecule has 3 rings (SSSR count). The molecule has 0 saturated carbocycles. The van der Waals surface area contributed by atoms with E-state index in [0.717, 1.165) is 38.8 Å². The van der Waals surface area contributed by atoms with Crippen molar-refractivity contribution >= 4 is 0 Å². The summed E-state index contributed by atoms with van der Waals surface area (Å²) in [5, 5.41) is 0. The number of ether oxygens (including phenoxy) is 1. The van der Waals surface area contributed by atoms with E-state index in [1.54, 1.807) is 0 Å². The maximum Gasteiger partial charge on any atom is 0.0594 e. The number of rotatable bonds is 5. The Morgan fingerprint density at radius 3 is 2.26 bits per heavy atom. The molecule has 1 aromatic carbocycles. The molecule has 2 aliphatic heterocycles. The van der Waals surface area contributed by atoms with Crippen molar-refractivity contribution in [3.8, 4) is 0 Å². The largest absolute Gasteiger partial charge is 0.379 e. The molecule has 0 N–H and O–H groups in total. The summed E-state index contributed by atoms with van der Waals surface area (Å²) in [4.78, 5) is 5.22. The van der Waals surface area contributed by atoms with Gasteiger partial charge in [-0.05, 0) is 42.8 Å². The van der Waals surface area contributed by atoms with E-state index in [0.29, 0.717) is 5.41 Å². The Labute approximate surface area is 141 Å². The molecule has 23 heavy (non-hydrogen) atoms. The second-order valence-corrected chi connectivity index (χ2v) is 7.91. The van der Waals surface area contributed by atoms with Gasteiger partial charge in [-0.15, -0.1) is 0 Å². The number of hydrogen-bond donors (Lipinski definition) is 0. The molecule has 0 radical (unpaired) electrons. The van der Waals surface area contributed by atoms with Gasteiger partial charge in [-0.2, -0.15) is 0 Å². The molecular formula is C20H32N2O. The molecule has 0 aliphatic carbocycles. The van der Waals surface area contributed by atoms with Crippen molar-refractivity contribution in [1.29, 1.82) is 0 Å². The smallest absolute Gasteiger partial charge is 0.0594 e. The van der Waals surface area contributed by atoms with Crippen LogP contribution in [0.4, 0.5) is 0 Å². The minimum atomic E-state index is 0.413. The summed E-state index contributed by atoms with van der Waals surface area (Å²) in [6.07, 6.45) is 2.67. The molecule has 2 aliphatic rings. The summed E-state index contributed by atoms with van der Waals surface area (Å²) in [6.45, 7) is 13.8. The first-order valence-electron chi connectivity index (χ1n) is 9.20. The van der Waals surface area contributed by atoms with Gasteiger partial charge in [-0.1, -0.05) is 44.2 Å². The predicted molar refractivity (Wildman–Crippen MR) is 95.5 cm³/mol. The lowest BCUT2D eigenvalue weighted by atomic mass is 9.73. The van der Waals surface area contributed by atoms with E-state index in [-0.39, 0.29) is 0 Å². The predicted octanol–water partition coefficient (Wildman–Crippen LogP) is 3.26. The Morgan fingerprint density at radius 2 is 1.61 bits per heavy atom. The third kappa shape index (κ3) is 4.79. The highest BCUT2D eigenvalue weighted by atomic mass is 16.5. The first kappa shape index (κ1) is 16.9. The van der Waals surface area contributed by atoms with Gasteiger partial charge in [0.25, 0.3) is 0 Å². The third-order valence-corrected chi connectivity index (χ3v) is 5.68. The highest BCUT2D eigenvalue weighted by Crippen LogP contribution is 2.36. The van der Waals surface area contributed by atoms with Crippen LogP contribution in [0.3, 0.4) is 0 Å². The summed E-state index contributed by atoms with van der Waals surface area (Å²) in [5.41, 5.74) is 1.86. The minimum absolute atomic E-state index is 0.413. The van der Waals surface area contributed by atoms with Crippen LogP contribution in [0.2, 0.25) is 0 Å². The number of benzene rings is 1. The Hall–Kier alpha value is -0.900. The highest BCUT2D eigenvalue weighted by Gasteiger charge is 2.34. The Kier molecular flexibility index (Phi) is 5.73. The van der Waals surface area contributed by atoms with Gasteiger partial charge < -0.3 is 4.74 Å². The van der Waals surface area contributed by atoms with Crippen LogP contribution in [0.15, 0.2) is 30.3 Å². The van der Waals surface area contributed by atoms with Crippen molar-refractivity contribution < 1.29 is 4.74 Å². The van der Waals surface area contributed by atoms with Gasteiger partial charge in [-0.3, -0.25) is 9.80 Å². The van der Waals surface area contributed by atoms with Gasteiger partial charge in [0.2, 0.25) is 0 Å². The lowest BCUT2D eigenvalue weighted by molar-refractivity contribution is 0.000659. The molecule has 2 heterocycles. The number of hydrogen-bond acceptors (Lipinski definition) is 3. The van der Waals surface area contributed by atoms with Crippen molar-refractivity contribution in [2.45, 2.75) is 33.2 Å². The van der Waals surface area contributed by atoms with Crippen molar-refractivity contribution in [1.82, 2.24) is 9.80 Å². The summed E-state index contributed by atoms with van der Waals surface area (Å²) >= 11 is 0. The van der Waals surface area contributed by atoms with Crippen LogP contribution in [0.5, 0.6) is 0 Å². The monoisotopic (exact) mass is 316 g/mol. The number of nitrogens with zero attached hydrogens (tertiary/aromatic N) is 2. The molecule has 0 aromatic heterocycles. The first-order chi connectivity index (χ1) is 11.1. The van der Waals surface area contributed by atoms with Gasteiger partial charge in [-0.25, -0.2) is 0 Å². The Morgan fingerprint density at radius 1 is 0.957 bits per heavy atom. The van der Waals surface area contributed by atoms with E-state index in [2.05, 4.69) is 54.0 Å². The van der Waals surface area contributed by atoms with E-state index >= 15 is 0 Å². The molecule has 2 fully saturated rings. The molecule has 3 heteroatoms. The number of piperidine rings is 1. The summed E-state index contributed by atoms with van der Waals surface area (Å²) < 4.78 is 5.48. The van der Waals surface area contributed by atoms with E-state index in [9.17, 15) is 0 Å². The molecular weight excluding hydrogens is 284 g/mol. The fraction of sp³-hybridized carbons (Fsp3) is 0.700. The van der Waals surface area contributed by atoms with Gasteiger partial charge in [0.15, 0.2) is 0 Å².